The molecule has 0 amide bonds. The van der Waals surface area contributed by atoms with Crippen molar-refractivity contribution in [2.75, 3.05) is 0 Å². The van der Waals surface area contributed by atoms with Crippen LogP contribution >= 0.6 is 11.6 Å². The predicted molar refractivity (Wildman–Crippen MR) is 51.7 cm³/mol. The van der Waals surface area contributed by atoms with Crippen molar-refractivity contribution in [1.82, 2.24) is 5.32 Å². The number of hydrogen-bond donors (Lipinski definition) is 1. The molecule has 2 rings (SSSR count). The lowest BCUT2D eigenvalue weighted by molar-refractivity contribution is -0.137. The summed E-state index contributed by atoms with van der Waals surface area (Å²) in [4.78, 5) is 0. The van der Waals surface area contributed by atoms with E-state index in [9.17, 15) is 13.2 Å². The van der Waals surface area contributed by atoms with Crippen molar-refractivity contribution >= 4 is 11.6 Å². The van der Waals surface area contributed by atoms with Crippen LogP contribution in [0.5, 0.6) is 0 Å². The minimum absolute atomic E-state index is 0.169. The van der Waals surface area contributed by atoms with Gasteiger partial charge in [0.25, 0.3) is 0 Å². The monoisotopic (exact) mass is 237 g/mol. The van der Waals surface area contributed by atoms with Crippen LogP contribution in [0.3, 0.4) is 0 Å². The van der Waals surface area contributed by atoms with E-state index >= 15 is 0 Å². The summed E-state index contributed by atoms with van der Waals surface area (Å²) in [7, 11) is 0. The van der Waals surface area contributed by atoms with Crippen LogP contribution in [0.15, 0.2) is 12.1 Å². The Morgan fingerprint density at radius 3 is 2.80 bits per heavy atom. The molecular weight excluding hydrogens is 227 g/mol. The zero-order chi connectivity index (χ0) is 13.0. The summed E-state index contributed by atoms with van der Waals surface area (Å²) in [6, 6.07) is 1.49. The van der Waals surface area contributed by atoms with Gasteiger partial charge in [0.2, 0.25) is 0 Å². The Hall–Kier alpha value is -0.740. The minimum Gasteiger partial charge on any atom is -0.306 e. The van der Waals surface area contributed by atoms with Gasteiger partial charge in [-0.1, -0.05) is 11.6 Å². The second kappa shape index (κ2) is 3.39. The van der Waals surface area contributed by atoms with Crippen molar-refractivity contribution in [3.8, 4) is 0 Å². The molecule has 1 atom stereocenters. The number of alkyl halides is 3. The molecule has 1 N–H and O–H groups in total. The molecule has 82 valence electrons. The molecule has 1 aliphatic heterocycles. The molecule has 0 aromatic heterocycles. The van der Waals surface area contributed by atoms with E-state index in [4.69, 9.17) is 14.3 Å². The van der Waals surface area contributed by atoms with Crippen LogP contribution in [0.25, 0.3) is 0 Å². The van der Waals surface area contributed by atoms with Crippen molar-refractivity contribution in [2.24, 2.45) is 0 Å². The molecule has 0 bridgehead atoms. The van der Waals surface area contributed by atoms with Gasteiger partial charge in [-0.25, -0.2) is 0 Å². The average Bonchev–Trinajstić information content (AvgIpc) is 2.34. The molecule has 1 aromatic rings. The van der Waals surface area contributed by atoms with Gasteiger partial charge < -0.3 is 5.32 Å². The summed E-state index contributed by atoms with van der Waals surface area (Å²) >= 11 is 5.55. The maximum Gasteiger partial charge on any atom is 0.417 e. The molecule has 0 aliphatic carbocycles. The van der Waals surface area contributed by atoms with Crippen molar-refractivity contribution in [3.05, 3.63) is 33.8 Å². The van der Waals surface area contributed by atoms with E-state index in [-0.39, 0.29) is 5.56 Å². The normalized spacial score (nSPS) is 25.8. The zero-order valence-electron chi connectivity index (χ0n) is 9.74. The van der Waals surface area contributed by atoms with Gasteiger partial charge in [0, 0.05) is 15.3 Å². The Balaban J connectivity index is 2.63. The lowest BCUT2D eigenvalue weighted by atomic mass is 10.0. The van der Waals surface area contributed by atoms with Gasteiger partial charge in [0.1, 0.15) is 0 Å². The van der Waals surface area contributed by atoms with Gasteiger partial charge in [-0.3, -0.25) is 0 Å². The van der Waals surface area contributed by atoms with Crippen LogP contribution in [0, 0.1) is 0 Å². The number of fused-ring (bicyclic) bond motifs is 1. The van der Waals surface area contributed by atoms with E-state index in [1.807, 2.05) is 0 Å². The highest BCUT2D eigenvalue weighted by Crippen LogP contribution is 2.39. The highest BCUT2D eigenvalue weighted by atomic mass is 35.5. The van der Waals surface area contributed by atoms with Gasteiger partial charge in [0.05, 0.1) is 10.6 Å². The molecule has 0 radical (unpaired) electrons. The molecule has 1 heterocycles. The summed E-state index contributed by atoms with van der Waals surface area (Å²) in [6.45, 7) is -0.236. The Bertz CT molecular complexity index is 473. The number of nitrogens with one attached hydrogen (secondary N) is 1. The third kappa shape index (κ3) is 1.84. The standard InChI is InChI=1S/C10H9ClF3N/c1-5-7-3-8(10(12,13)14)9(11)2-6(7)4-15-5/h2-3,5,15H,4H2,1H3/i4D2. The Morgan fingerprint density at radius 1 is 1.53 bits per heavy atom. The second-order valence-electron chi connectivity index (χ2n) is 3.41. The number of halogens is 4. The molecule has 0 fully saturated rings. The number of benzene rings is 1. The van der Waals surface area contributed by atoms with E-state index in [0.717, 1.165) is 12.1 Å². The summed E-state index contributed by atoms with van der Waals surface area (Å²) in [5.74, 6) is 0. The molecule has 0 spiro atoms. The van der Waals surface area contributed by atoms with Crippen molar-refractivity contribution in [3.63, 3.8) is 0 Å². The fraction of sp³-hybridized carbons (Fsp3) is 0.400. The lowest BCUT2D eigenvalue weighted by Crippen LogP contribution is -2.09. The molecule has 0 saturated heterocycles. The molecule has 0 saturated carbocycles. The van der Waals surface area contributed by atoms with E-state index < -0.39 is 29.3 Å². The molecule has 5 heteroatoms. The van der Waals surface area contributed by atoms with Gasteiger partial charge in [-0.2, -0.15) is 13.2 Å². The van der Waals surface area contributed by atoms with E-state index in [1.165, 1.54) is 0 Å². The molecule has 15 heavy (non-hydrogen) atoms. The summed E-state index contributed by atoms with van der Waals surface area (Å²) in [5.41, 5.74) is -0.459. The van der Waals surface area contributed by atoms with E-state index in [2.05, 4.69) is 5.32 Å². The summed E-state index contributed by atoms with van der Waals surface area (Å²) in [5, 5.41) is 2.10. The second-order valence-corrected chi connectivity index (χ2v) is 3.82. The van der Waals surface area contributed by atoms with Gasteiger partial charge >= 0.3 is 6.18 Å². The fourth-order valence-electron chi connectivity index (χ4n) is 1.54. The van der Waals surface area contributed by atoms with Crippen LogP contribution in [0.4, 0.5) is 13.2 Å². The van der Waals surface area contributed by atoms with Crippen LogP contribution in [0.1, 0.15) is 32.4 Å². The molecule has 1 unspecified atom stereocenters. The highest BCUT2D eigenvalue weighted by Gasteiger charge is 2.35. The molecule has 1 aromatic carbocycles. The van der Waals surface area contributed by atoms with E-state index in [1.54, 1.807) is 6.92 Å². The maximum absolute atomic E-state index is 12.6. The maximum atomic E-state index is 12.6. The quantitative estimate of drug-likeness (QED) is 0.728. The predicted octanol–water partition coefficient (Wildman–Crippen LogP) is 3.52. The van der Waals surface area contributed by atoms with Gasteiger partial charge in [-0.15, -0.1) is 0 Å². The largest absolute Gasteiger partial charge is 0.417 e. The molecule has 1 aliphatic rings. The van der Waals surface area contributed by atoms with Gasteiger partial charge in [0.15, 0.2) is 0 Å². The van der Waals surface area contributed by atoms with Gasteiger partial charge in [-0.05, 0) is 30.2 Å². The minimum atomic E-state index is -4.53. The molecular formula is C10H9ClF3N. The van der Waals surface area contributed by atoms with Crippen LogP contribution in [-0.2, 0) is 12.7 Å². The highest BCUT2D eigenvalue weighted by molar-refractivity contribution is 6.31. The zero-order valence-corrected chi connectivity index (χ0v) is 8.50. The van der Waals surface area contributed by atoms with Crippen LogP contribution in [0.2, 0.25) is 5.02 Å². The lowest BCUT2D eigenvalue weighted by Gasteiger charge is -2.12. The first-order valence-electron chi connectivity index (χ1n) is 5.32. The average molecular weight is 238 g/mol. The Morgan fingerprint density at radius 2 is 2.20 bits per heavy atom. The summed E-state index contributed by atoms with van der Waals surface area (Å²) in [6.07, 6.45) is -4.53. The van der Waals surface area contributed by atoms with E-state index in [0.29, 0.717) is 5.56 Å². The van der Waals surface area contributed by atoms with Crippen molar-refractivity contribution < 1.29 is 15.9 Å². The Labute approximate surface area is 93.0 Å². The van der Waals surface area contributed by atoms with Crippen LogP contribution in [-0.4, -0.2) is 0 Å². The van der Waals surface area contributed by atoms with Crippen molar-refractivity contribution in [2.45, 2.75) is 25.6 Å². The first kappa shape index (κ1) is 8.42. The SMILES string of the molecule is [2H]C1([2H])NC(C)c2cc(C(F)(F)F)c(Cl)cc21. The third-order valence-corrected chi connectivity index (χ3v) is 2.65. The smallest absolute Gasteiger partial charge is 0.306 e. The first-order valence-corrected chi connectivity index (χ1v) is 4.69. The summed E-state index contributed by atoms with van der Waals surface area (Å²) < 4.78 is 53.2. The topological polar surface area (TPSA) is 12.0 Å². The number of hydrogen-bond acceptors (Lipinski definition) is 1. The van der Waals surface area contributed by atoms with Crippen molar-refractivity contribution in [1.29, 1.82) is 0 Å². The first-order chi connectivity index (χ1) is 7.63. The number of rotatable bonds is 0. The fourth-order valence-corrected chi connectivity index (χ4v) is 1.81. The Kier molecular flexibility index (Phi) is 1.90. The third-order valence-electron chi connectivity index (χ3n) is 2.33. The molecule has 1 nitrogen and oxygen atoms in total. The van der Waals surface area contributed by atoms with Crippen LogP contribution < -0.4 is 5.32 Å².